The van der Waals surface area contributed by atoms with Crippen molar-refractivity contribution in [3.8, 4) is 33.5 Å². The van der Waals surface area contributed by atoms with Gasteiger partial charge in [0.1, 0.15) is 22.6 Å². The molecule has 0 aliphatic carbocycles. The lowest BCUT2D eigenvalue weighted by Crippen LogP contribution is -1.93. The van der Waals surface area contributed by atoms with E-state index in [1.807, 2.05) is 43.3 Å². The average Bonchev–Trinajstić information content (AvgIpc) is 3.23. The van der Waals surface area contributed by atoms with Crippen LogP contribution >= 0.6 is 0 Å². The Hall–Kier alpha value is -4.24. The molecular formula is C29H20N2O. The maximum Gasteiger partial charge on any atom is 0.180 e. The highest BCUT2D eigenvalue weighted by Gasteiger charge is 2.17. The number of aromatic nitrogens is 2. The van der Waals surface area contributed by atoms with Crippen molar-refractivity contribution in [3.63, 3.8) is 0 Å². The van der Waals surface area contributed by atoms with Gasteiger partial charge in [-0.3, -0.25) is 0 Å². The van der Waals surface area contributed by atoms with Gasteiger partial charge in [0.05, 0.1) is 0 Å². The highest BCUT2D eigenvalue weighted by molar-refractivity contribution is 6.06. The van der Waals surface area contributed by atoms with E-state index in [1.165, 1.54) is 0 Å². The first-order valence-electron chi connectivity index (χ1n) is 10.7. The number of rotatable bonds is 3. The standard InChI is InChI=1S/C29H20N2O/c1-19-30-27(29-28(31-19)25-14-8-9-15-26(25)32-29)24-17-22(20-10-4-2-5-11-20)16-23(18-24)21-12-6-3-7-13-21/h2-18H,1H3. The predicted octanol–water partition coefficient (Wildman–Crippen LogP) is 7.69. The summed E-state index contributed by atoms with van der Waals surface area (Å²) >= 11 is 0. The van der Waals surface area contributed by atoms with Gasteiger partial charge in [0.2, 0.25) is 0 Å². The quantitative estimate of drug-likeness (QED) is 0.299. The average molecular weight is 412 g/mol. The van der Waals surface area contributed by atoms with Gasteiger partial charge in [0.25, 0.3) is 0 Å². The van der Waals surface area contributed by atoms with Crippen LogP contribution in [0.2, 0.25) is 0 Å². The summed E-state index contributed by atoms with van der Waals surface area (Å²) in [6.07, 6.45) is 0. The third-order valence-corrected chi connectivity index (χ3v) is 5.75. The molecule has 0 aliphatic heterocycles. The van der Waals surface area contributed by atoms with Crippen LogP contribution in [0.25, 0.3) is 55.6 Å². The van der Waals surface area contributed by atoms with Crippen LogP contribution in [-0.4, -0.2) is 9.97 Å². The maximum absolute atomic E-state index is 6.26. The number of furan rings is 1. The first-order valence-corrected chi connectivity index (χ1v) is 10.7. The van der Waals surface area contributed by atoms with Crippen molar-refractivity contribution >= 4 is 22.1 Å². The fraction of sp³-hybridized carbons (Fsp3) is 0.0345. The largest absolute Gasteiger partial charge is 0.452 e. The molecule has 6 rings (SSSR count). The highest BCUT2D eigenvalue weighted by Crippen LogP contribution is 2.37. The van der Waals surface area contributed by atoms with E-state index in [2.05, 4.69) is 66.7 Å². The van der Waals surface area contributed by atoms with E-state index in [0.717, 1.165) is 61.4 Å². The van der Waals surface area contributed by atoms with E-state index < -0.39 is 0 Å². The Morgan fingerprint density at radius 2 is 1.12 bits per heavy atom. The third kappa shape index (κ3) is 3.15. The van der Waals surface area contributed by atoms with Crippen molar-refractivity contribution < 1.29 is 4.42 Å². The van der Waals surface area contributed by atoms with E-state index in [1.54, 1.807) is 0 Å². The van der Waals surface area contributed by atoms with Crippen LogP contribution in [0.1, 0.15) is 5.82 Å². The molecule has 0 amide bonds. The molecule has 3 nitrogen and oxygen atoms in total. The molecule has 0 unspecified atom stereocenters. The van der Waals surface area contributed by atoms with Crippen LogP contribution in [0, 0.1) is 6.92 Å². The zero-order valence-corrected chi connectivity index (χ0v) is 17.6. The number of fused-ring (bicyclic) bond motifs is 3. The smallest absolute Gasteiger partial charge is 0.180 e. The molecule has 4 aromatic carbocycles. The Morgan fingerprint density at radius 1 is 0.562 bits per heavy atom. The minimum atomic E-state index is 0.723. The molecular weight excluding hydrogens is 392 g/mol. The summed E-state index contributed by atoms with van der Waals surface area (Å²) in [6.45, 7) is 1.93. The molecule has 0 spiro atoms. The molecule has 0 radical (unpaired) electrons. The van der Waals surface area contributed by atoms with Crippen molar-refractivity contribution in [1.29, 1.82) is 0 Å². The molecule has 0 atom stereocenters. The minimum absolute atomic E-state index is 0.723. The molecule has 2 aromatic heterocycles. The molecule has 32 heavy (non-hydrogen) atoms. The van der Waals surface area contributed by atoms with Crippen molar-refractivity contribution in [2.45, 2.75) is 6.92 Å². The SMILES string of the molecule is Cc1nc(-c2cc(-c3ccccc3)cc(-c3ccccc3)c2)c2oc3ccccc3c2n1. The normalized spacial score (nSPS) is 11.3. The Balaban J connectivity index is 1.66. The lowest BCUT2D eigenvalue weighted by molar-refractivity contribution is 0.666. The molecule has 0 saturated carbocycles. The molecule has 0 bridgehead atoms. The Kier molecular flexibility index (Phi) is 4.32. The number of benzene rings is 4. The first kappa shape index (κ1) is 18.5. The van der Waals surface area contributed by atoms with Crippen LogP contribution in [-0.2, 0) is 0 Å². The molecule has 0 aliphatic rings. The molecule has 152 valence electrons. The third-order valence-electron chi connectivity index (χ3n) is 5.75. The van der Waals surface area contributed by atoms with Crippen LogP contribution in [0.3, 0.4) is 0 Å². The van der Waals surface area contributed by atoms with Gasteiger partial charge in [-0.05, 0) is 59.5 Å². The molecule has 3 heteroatoms. The number of hydrogen-bond acceptors (Lipinski definition) is 3. The van der Waals surface area contributed by atoms with Gasteiger partial charge in [-0.1, -0.05) is 72.8 Å². The van der Waals surface area contributed by atoms with Gasteiger partial charge in [-0.15, -0.1) is 0 Å². The van der Waals surface area contributed by atoms with Gasteiger partial charge in [0, 0.05) is 10.9 Å². The summed E-state index contributed by atoms with van der Waals surface area (Å²) in [6, 6.07) is 35.5. The molecule has 0 saturated heterocycles. The predicted molar refractivity (Wildman–Crippen MR) is 130 cm³/mol. The van der Waals surface area contributed by atoms with Crippen LogP contribution in [0.15, 0.2) is 108 Å². The summed E-state index contributed by atoms with van der Waals surface area (Å²) in [7, 11) is 0. The fourth-order valence-electron chi connectivity index (χ4n) is 4.26. The second-order valence-corrected chi connectivity index (χ2v) is 7.93. The second kappa shape index (κ2) is 7.47. The Labute approximate surface area is 186 Å². The lowest BCUT2D eigenvalue weighted by atomic mass is 9.95. The van der Waals surface area contributed by atoms with Gasteiger partial charge in [-0.25, -0.2) is 9.97 Å². The summed E-state index contributed by atoms with van der Waals surface area (Å²) in [5.41, 5.74) is 8.85. The Morgan fingerprint density at radius 3 is 1.78 bits per heavy atom. The van der Waals surface area contributed by atoms with Crippen LogP contribution < -0.4 is 0 Å². The van der Waals surface area contributed by atoms with Crippen molar-refractivity contribution in [1.82, 2.24) is 9.97 Å². The molecule has 6 aromatic rings. The first-order chi connectivity index (χ1) is 15.8. The summed E-state index contributed by atoms with van der Waals surface area (Å²) < 4.78 is 6.26. The molecule has 2 heterocycles. The fourth-order valence-corrected chi connectivity index (χ4v) is 4.26. The maximum atomic E-state index is 6.26. The van der Waals surface area contributed by atoms with Crippen molar-refractivity contribution in [3.05, 3.63) is 109 Å². The van der Waals surface area contributed by atoms with Crippen LogP contribution in [0.5, 0.6) is 0 Å². The lowest BCUT2D eigenvalue weighted by Gasteiger charge is -2.11. The number of hydrogen-bond donors (Lipinski definition) is 0. The monoisotopic (exact) mass is 412 g/mol. The topological polar surface area (TPSA) is 38.9 Å². The van der Waals surface area contributed by atoms with Crippen LogP contribution in [0.4, 0.5) is 0 Å². The Bertz CT molecular complexity index is 1510. The minimum Gasteiger partial charge on any atom is -0.452 e. The number of para-hydroxylation sites is 1. The van der Waals surface area contributed by atoms with Gasteiger partial charge in [-0.2, -0.15) is 0 Å². The molecule has 0 N–H and O–H groups in total. The van der Waals surface area contributed by atoms with Gasteiger partial charge < -0.3 is 4.42 Å². The highest BCUT2D eigenvalue weighted by atomic mass is 16.3. The van der Waals surface area contributed by atoms with E-state index in [9.17, 15) is 0 Å². The zero-order chi connectivity index (χ0) is 21.5. The summed E-state index contributed by atoms with van der Waals surface area (Å²) in [4.78, 5) is 9.54. The van der Waals surface area contributed by atoms with E-state index in [0.29, 0.717) is 0 Å². The number of aryl methyl sites for hydroxylation is 1. The second-order valence-electron chi connectivity index (χ2n) is 7.93. The van der Waals surface area contributed by atoms with Crippen molar-refractivity contribution in [2.24, 2.45) is 0 Å². The van der Waals surface area contributed by atoms with E-state index in [4.69, 9.17) is 14.4 Å². The van der Waals surface area contributed by atoms with E-state index >= 15 is 0 Å². The van der Waals surface area contributed by atoms with Gasteiger partial charge in [0.15, 0.2) is 5.58 Å². The van der Waals surface area contributed by atoms with Crippen molar-refractivity contribution in [2.75, 3.05) is 0 Å². The summed E-state index contributed by atoms with van der Waals surface area (Å²) in [5, 5.41) is 1.01. The molecule has 0 fully saturated rings. The van der Waals surface area contributed by atoms with Gasteiger partial charge >= 0.3 is 0 Å². The summed E-state index contributed by atoms with van der Waals surface area (Å²) in [5.74, 6) is 0.727. The zero-order valence-electron chi connectivity index (χ0n) is 17.6. The van der Waals surface area contributed by atoms with E-state index in [-0.39, 0.29) is 0 Å². The number of nitrogens with zero attached hydrogens (tertiary/aromatic N) is 2.